The van der Waals surface area contributed by atoms with Crippen molar-refractivity contribution in [2.24, 2.45) is 5.73 Å². The molecule has 22 heavy (non-hydrogen) atoms. The molecular formula is C14H13F4N3O. The Hall–Kier alpha value is -2.22. The van der Waals surface area contributed by atoms with Crippen LogP contribution in [0, 0.1) is 5.82 Å². The Morgan fingerprint density at radius 3 is 2.55 bits per heavy atom. The molecule has 8 heteroatoms. The van der Waals surface area contributed by atoms with E-state index in [9.17, 15) is 22.4 Å². The van der Waals surface area contributed by atoms with Gasteiger partial charge in [0.2, 0.25) is 0 Å². The third kappa shape index (κ3) is 3.01. The largest absolute Gasteiger partial charge is 0.417 e. The Bertz CT molecular complexity index is 753. The molecular weight excluding hydrogens is 302 g/mol. The average Bonchev–Trinajstić information content (AvgIpc) is 2.45. The number of hydrogen-bond donors (Lipinski definition) is 2. The number of nitrogens with one attached hydrogen (secondary N) is 1. The number of benzene rings is 1. The molecule has 0 radical (unpaired) electrons. The SMILES string of the molecule is CCc1cc(=O)[nH]c(-c2c(C(F)(F)F)ccc(CN)c2F)n1. The highest BCUT2D eigenvalue weighted by molar-refractivity contribution is 5.63. The molecule has 0 atom stereocenters. The number of nitrogens with zero attached hydrogens (tertiary/aromatic N) is 1. The van der Waals surface area contributed by atoms with Crippen molar-refractivity contribution in [2.45, 2.75) is 26.1 Å². The standard InChI is InChI=1S/C14H13F4N3O/c1-2-8-5-10(22)21-13(20-8)11-9(14(16,17)18)4-3-7(6-19)12(11)15/h3-5H,2,6,19H2,1H3,(H,20,21,22). The lowest BCUT2D eigenvalue weighted by Gasteiger charge is -2.15. The van der Waals surface area contributed by atoms with Gasteiger partial charge in [0.05, 0.1) is 11.1 Å². The van der Waals surface area contributed by atoms with Crippen LogP contribution in [-0.2, 0) is 19.1 Å². The van der Waals surface area contributed by atoms with Crippen molar-refractivity contribution in [3.05, 3.63) is 51.2 Å². The summed E-state index contributed by atoms with van der Waals surface area (Å²) < 4.78 is 53.7. The van der Waals surface area contributed by atoms with E-state index in [1.807, 2.05) is 0 Å². The lowest BCUT2D eigenvalue weighted by atomic mass is 10.0. The minimum absolute atomic E-state index is 0.0902. The first-order valence-electron chi connectivity index (χ1n) is 6.47. The molecule has 1 heterocycles. The smallest absolute Gasteiger partial charge is 0.326 e. The quantitative estimate of drug-likeness (QED) is 0.855. The van der Waals surface area contributed by atoms with Gasteiger partial charge in [-0.1, -0.05) is 13.0 Å². The van der Waals surface area contributed by atoms with Crippen LogP contribution < -0.4 is 11.3 Å². The van der Waals surface area contributed by atoms with Crippen molar-refractivity contribution in [1.29, 1.82) is 0 Å². The van der Waals surface area contributed by atoms with Crippen molar-refractivity contribution in [1.82, 2.24) is 9.97 Å². The molecule has 0 fully saturated rings. The molecule has 1 aromatic heterocycles. The summed E-state index contributed by atoms with van der Waals surface area (Å²) in [6.07, 6.45) is -4.46. The summed E-state index contributed by atoms with van der Waals surface area (Å²) in [5, 5.41) is 0. The Kier molecular flexibility index (Phi) is 4.32. The molecule has 2 aromatic rings. The minimum Gasteiger partial charge on any atom is -0.326 e. The molecule has 0 unspecified atom stereocenters. The van der Waals surface area contributed by atoms with Crippen LogP contribution in [0.25, 0.3) is 11.4 Å². The summed E-state index contributed by atoms with van der Waals surface area (Å²) in [4.78, 5) is 17.6. The Balaban J connectivity index is 2.82. The van der Waals surface area contributed by atoms with Gasteiger partial charge < -0.3 is 10.7 Å². The Labute approximate surface area is 123 Å². The molecule has 0 saturated carbocycles. The number of halogens is 4. The van der Waals surface area contributed by atoms with E-state index in [1.54, 1.807) is 6.92 Å². The fourth-order valence-corrected chi connectivity index (χ4v) is 2.05. The summed E-state index contributed by atoms with van der Waals surface area (Å²) in [6, 6.07) is 2.87. The maximum absolute atomic E-state index is 14.4. The maximum atomic E-state index is 14.4. The molecule has 0 aliphatic carbocycles. The van der Waals surface area contributed by atoms with Gasteiger partial charge in [-0.3, -0.25) is 4.79 Å². The molecule has 0 spiro atoms. The Morgan fingerprint density at radius 2 is 2.00 bits per heavy atom. The van der Waals surface area contributed by atoms with Crippen molar-refractivity contribution in [2.75, 3.05) is 0 Å². The van der Waals surface area contributed by atoms with E-state index in [2.05, 4.69) is 9.97 Å². The average molecular weight is 315 g/mol. The Morgan fingerprint density at radius 1 is 1.32 bits per heavy atom. The highest BCUT2D eigenvalue weighted by atomic mass is 19.4. The van der Waals surface area contributed by atoms with Gasteiger partial charge in [0.25, 0.3) is 5.56 Å². The van der Waals surface area contributed by atoms with Gasteiger partial charge in [-0.25, -0.2) is 9.37 Å². The zero-order valence-electron chi connectivity index (χ0n) is 11.6. The van der Waals surface area contributed by atoms with E-state index in [1.165, 1.54) is 0 Å². The third-order valence-corrected chi connectivity index (χ3v) is 3.14. The number of alkyl halides is 3. The summed E-state index contributed by atoms with van der Waals surface area (Å²) in [7, 11) is 0. The van der Waals surface area contributed by atoms with E-state index >= 15 is 0 Å². The second-order valence-electron chi connectivity index (χ2n) is 4.60. The third-order valence-electron chi connectivity index (χ3n) is 3.14. The molecule has 0 saturated heterocycles. The summed E-state index contributed by atoms with van der Waals surface area (Å²) in [5.74, 6) is -1.58. The second kappa shape index (κ2) is 5.88. The van der Waals surface area contributed by atoms with Gasteiger partial charge in [-0.15, -0.1) is 0 Å². The number of hydrogen-bond acceptors (Lipinski definition) is 3. The fourth-order valence-electron chi connectivity index (χ4n) is 2.05. The van der Waals surface area contributed by atoms with Crippen LogP contribution in [0.5, 0.6) is 0 Å². The van der Waals surface area contributed by atoms with Gasteiger partial charge in [0.1, 0.15) is 11.6 Å². The number of H-pyrrole nitrogens is 1. The zero-order chi connectivity index (χ0) is 16.5. The first kappa shape index (κ1) is 16.2. The summed E-state index contributed by atoms with van der Waals surface area (Å²) >= 11 is 0. The van der Waals surface area contributed by atoms with Gasteiger partial charge >= 0.3 is 6.18 Å². The summed E-state index contributed by atoms with van der Waals surface area (Å²) in [6.45, 7) is 1.41. The normalized spacial score (nSPS) is 11.7. The second-order valence-corrected chi connectivity index (χ2v) is 4.60. The molecule has 0 bridgehead atoms. The van der Waals surface area contributed by atoms with E-state index in [0.717, 1.165) is 18.2 Å². The van der Waals surface area contributed by atoms with Crippen molar-refractivity contribution in [3.63, 3.8) is 0 Å². The fraction of sp³-hybridized carbons (Fsp3) is 0.286. The predicted molar refractivity (Wildman–Crippen MR) is 72.5 cm³/mol. The number of aromatic nitrogens is 2. The van der Waals surface area contributed by atoms with E-state index in [0.29, 0.717) is 6.42 Å². The monoisotopic (exact) mass is 315 g/mol. The minimum atomic E-state index is -4.79. The zero-order valence-corrected chi connectivity index (χ0v) is 11.6. The lowest BCUT2D eigenvalue weighted by Crippen LogP contribution is -2.16. The lowest BCUT2D eigenvalue weighted by molar-refractivity contribution is -0.137. The predicted octanol–water partition coefficient (Wildman–Crippen LogP) is 2.62. The molecule has 0 aliphatic heterocycles. The molecule has 3 N–H and O–H groups in total. The molecule has 4 nitrogen and oxygen atoms in total. The van der Waals surface area contributed by atoms with Crippen LogP contribution in [0.4, 0.5) is 17.6 Å². The van der Waals surface area contributed by atoms with Crippen molar-refractivity contribution >= 4 is 0 Å². The van der Waals surface area contributed by atoms with Crippen LogP contribution >= 0.6 is 0 Å². The van der Waals surface area contributed by atoms with Gasteiger partial charge in [-0.2, -0.15) is 13.2 Å². The van der Waals surface area contributed by atoms with Crippen LogP contribution in [0.3, 0.4) is 0 Å². The van der Waals surface area contributed by atoms with Crippen molar-refractivity contribution < 1.29 is 17.6 Å². The topological polar surface area (TPSA) is 71.8 Å². The highest BCUT2D eigenvalue weighted by Crippen LogP contribution is 2.38. The van der Waals surface area contributed by atoms with E-state index in [4.69, 9.17) is 5.73 Å². The number of aromatic amines is 1. The number of rotatable bonds is 3. The van der Waals surface area contributed by atoms with E-state index < -0.39 is 34.5 Å². The van der Waals surface area contributed by atoms with Gasteiger partial charge in [-0.05, 0) is 12.5 Å². The van der Waals surface area contributed by atoms with Gasteiger partial charge in [0, 0.05) is 23.9 Å². The van der Waals surface area contributed by atoms with Crippen LogP contribution in [0.15, 0.2) is 23.0 Å². The highest BCUT2D eigenvalue weighted by Gasteiger charge is 2.36. The van der Waals surface area contributed by atoms with Crippen LogP contribution in [0.2, 0.25) is 0 Å². The molecule has 0 amide bonds. The van der Waals surface area contributed by atoms with Crippen LogP contribution in [-0.4, -0.2) is 9.97 Å². The van der Waals surface area contributed by atoms with E-state index in [-0.39, 0.29) is 17.8 Å². The number of aryl methyl sites for hydroxylation is 1. The first-order chi connectivity index (χ1) is 10.3. The molecule has 0 aliphatic rings. The first-order valence-corrected chi connectivity index (χ1v) is 6.47. The molecule has 2 rings (SSSR count). The van der Waals surface area contributed by atoms with Crippen molar-refractivity contribution in [3.8, 4) is 11.4 Å². The maximum Gasteiger partial charge on any atom is 0.417 e. The number of nitrogens with two attached hydrogens (primary N) is 1. The molecule has 1 aromatic carbocycles. The van der Waals surface area contributed by atoms with Gasteiger partial charge in [0.15, 0.2) is 0 Å². The summed E-state index contributed by atoms with van der Waals surface area (Å²) in [5.41, 5.74) is 2.86. The van der Waals surface area contributed by atoms with Crippen LogP contribution in [0.1, 0.15) is 23.7 Å². The molecule has 118 valence electrons.